The number of hydrogen-bond donors (Lipinski definition) is 1. The Balaban J connectivity index is 2.71. The van der Waals surface area contributed by atoms with Crippen LogP contribution >= 0.6 is 0 Å². The molecule has 0 heterocycles. The first-order valence-corrected chi connectivity index (χ1v) is 5.07. The molecule has 1 aliphatic rings. The lowest BCUT2D eigenvalue weighted by Crippen LogP contribution is -2.06. The van der Waals surface area contributed by atoms with E-state index in [-0.39, 0.29) is 5.97 Å². The van der Waals surface area contributed by atoms with E-state index < -0.39 is 6.10 Å². The monoisotopic (exact) mass is 208 g/mol. The van der Waals surface area contributed by atoms with Crippen molar-refractivity contribution in [3.8, 4) is 0 Å². The van der Waals surface area contributed by atoms with E-state index in [9.17, 15) is 9.90 Å². The number of rotatable bonds is 3. The normalized spacial score (nSPS) is 17.5. The molecule has 0 saturated carbocycles. The van der Waals surface area contributed by atoms with Crippen molar-refractivity contribution >= 4 is 5.97 Å². The van der Waals surface area contributed by atoms with Crippen molar-refractivity contribution in [2.45, 2.75) is 26.4 Å². The minimum absolute atomic E-state index is 0.311. The maximum atomic E-state index is 11.4. The SMILES string of the molecule is CCOC(=O)C1=CCC(C(C)O)=CC=C1. The standard InChI is InChI=1S/C12H16O3/c1-3-15-12(14)11-6-4-5-10(7-8-11)9(2)13/h4-6,8-9,13H,3,7H2,1-2H3. The van der Waals surface area contributed by atoms with E-state index in [4.69, 9.17) is 4.74 Å². The van der Waals surface area contributed by atoms with Gasteiger partial charge in [0.05, 0.1) is 18.3 Å². The summed E-state index contributed by atoms with van der Waals surface area (Å²) in [6.45, 7) is 3.86. The van der Waals surface area contributed by atoms with Gasteiger partial charge in [0.15, 0.2) is 0 Å². The Bertz CT molecular complexity index is 322. The fourth-order valence-corrected chi connectivity index (χ4v) is 1.31. The molecule has 0 aromatic rings. The molecule has 82 valence electrons. The Morgan fingerprint density at radius 1 is 1.67 bits per heavy atom. The fourth-order valence-electron chi connectivity index (χ4n) is 1.31. The molecule has 1 atom stereocenters. The third-order valence-electron chi connectivity index (χ3n) is 2.19. The molecule has 0 aromatic heterocycles. The highest BCUT2D eigenvalue weighted by Crippen LogP contribution is 2.15. The molecule has 0 spiro atoms. The van der Waals surface area contributed by atoms with Gasteiger partial charge in [-0.2, -0.15) is 0 Å². The minimum Gasteiger partial charge on any atom is -0.462 e. The summed E-state index contributed by atoms with van der Waals surface area (Å²) in [5, 5.41) is 9.38. The quantitative estimate of drug-likeness (QED) is 0.719. The second-order valence-corrected chi connectivity index (χ2v) is 3.36. The van der Waals surface area contributed by atoms with Gasteiger partial charge in [0.1, 0.15) is 0 Å². The predicted molar refractivity (Wildman–Crippen MR) is 58.2 cm³/mol. The second kappa shape index (κ2) is 5.51. The van der Waals surface area contributed by atoms with Gasteiger partial charge in [-0.3, -0.25) is 0 Å². The third-order valence-corrected chi connectivity index (χ3v) is 2.19. The Labute approximate surface area is 89.7 Å². The number of carbonyl (C=O) groups excluding carboxylic acids is 1. The summed E-state index contributed by atoms with van der Waals surface area (Å²) >= 11 is 0. The van der Waals surface area contributed by atoms with Crippen LogP contribution in [0.3, 0.4) is 0 Å². The van der Waals surface area contributed by atoms with Crippen LogP contribution in [0.1, 0.15) is 20.3 Å². The first-order chi connectivity index (χ1) is 7.15. The number of allylic oxidation sites excluding steroid dienone is 3. The molecule has 3 heteroatoms. The third kappa shape index (κ3) is 3.36. The van der Waals surface area contributed by atoms with Gasteiger partial charge in [0.2, 0.25) is 0 Å². The number of aliphatic hydroxyl groups is 1. The van der Waals surface area contributed by atoms with Gasteiger partial charge in [-0.1, -0.05) is 18.2 Å². The van der Waals surface area contributed by atoms with Gasteiger partial charge in [-0.15, -0.1) is 0 Å². The number of esters is 1. The smallest absolute Gasteiger partial charge is 0.337 e. The maximum Gasteiger partial charge on any atom is 0.337 e. The van der Waals surface area contributed by atoms with E-state index in [2.05, 4.69) is 0 Å². The van der Waals surface area contributed by atoms with E-state index in [0.717, 1.165) is 5.57 Å². The van der Waals surface area contributed by atoms with E-state index in [1.165, 1.54) is 0 Å². The summed E-state index contributed by atoms with van der Waals surface area (Å²) in [6.07, 6.45) is 7.17. The largest absolute Gasteiger partial charge is 0.462 e. The van der Waals surface area contributed by atoms with E-state index in [1.54, 1.807) is 32.1 Å². The second-order valence-electron chi connectivity index (χ2n) is 3.36. The van der Waals surface area contributed by atoms with Gasteiger partial charge in [0.25, 0.3) is 0 Å². The van der Waals surface area contributed by atoms with Gasteiger partial charge in [-0.25, -0.2) is 4.79 Å². The topological polar surface area (TPSA) is 46.5 Å². The van der Waals surface area contributed by atoms with Crippen LogP contribution < -0.4 is 0 Å². The summed E-state index contributed by atoms with van der Waals surface area (Å²) < 4.78 is 4.89. The van der Waals surface area contributed by atoms with Gasteiger partial charge >= 0.3 is 5.97 Å². The van der Waals surface area contributed by atoms with Crippen LogP contribution in [-0.2, 0) is 9.53 Å². The lowest BCUT2D eigenvalue weighted by atomic mass is 10.1. The highest BCUT2D eigenvalue weighted by molar-refractivity contribution is 5.91. The van der Waals surface area contributed by atoms with Crippen LogP contribution in [0, 0.1) is 0 Å². The van der Waals surface area contributed by atoms with Crippen LogP contribution in [0.15, 0.2) is 35.5 Å². The molecule has 0 fully saturated rings. The molecule has 0 aromatic carbocycles. The summed E-state index contributed by atoms with van der Waals surface area (Å²) in [6, 6.07) is 0. The number of carbonyl (C=O) groups is 1. The average Bonchev–Trinajstić information content (AvgIpc) is 2.43. The highest BCUT2D eigenvalue weighted by atomic mass is 16.5. The lowest BCUT2D eigenvalue weighted by Gasteiger charge is -2.06. The molecule has 15 heavy (non-hydrogen) atoms. The van der Waals surface area contributed by atoms with Crippen molar-refractivity contribution in [1.82, 2.24) is 0 Å². The van der Waals surface area contributed by atoms with Crippen molar-refractivity contribution < 1.29 is 14.6 Å². The molecule has 0 radical (unpaired) electrons. The molecule has 1 aliphatic carbocycles. The zero-order chi connectivity index (χ0) is 11.3. The average molecular weight is 208 g/mol. The van der Waals surface area contributed by atoms with Crippen molar-refractivity contribution in [2.24, 2.45) is 0 Å². The van der Waals surface area contributed by atoms with Gasteiger partial charge < -0.3 is 9.84 Å². The summed E-state index contributed by atoms with van der Waals surface area (Å²) in [5.74, 6) is -0.311. The Morgan fingerprint density at radius 2 is 2.40 bits per heavy atom. The first-order valence-electron chi connectivity index (χ1n) is 5.07. The molecule has 1 unspecified atom stereocenters. The molecule has 0 aliphatic heterocycles. The van der Waals surface area contributed by atoms with Gasteiger partial charge in [-0.05, 0) is 31.9 Å². The predicted octanol–water partition coefficient (Wildman–Crippen LogP) is 1.74. The Kier molecular flexibility index (Phi) is 4.31. The summed E-state index contributed by atoms with van der Waals surface area (Å²) in [4.78, 5) is 11.4. The number of ether oxygens (including phenoxy) is 1. The molecule has 1 rings (SSSR count). The van der Waals surface area contributed by atoms with Crippen LogP contribution in [0.5, 0.6) is 0 Å². The van der Waals surface area contributed by atoms with Crippen LogP contribution in [0.25, 0.3) is 0 Å². The van der Waals surface area contributed by atoms with E-state index in [0.29, 0.717) is 18.6 Å². The van der Waals surface area contributed by atoms with Gasteiger partial charge in [0, 0.05) is 0 Å². The zero-order valence-electron chi connectivity index (χ0n) is 9.06. The molecular formula is C12H16O3. The molecule has 0 bridgehead atoms. The Hall–Kier alpha value is -1.35. The van der Waals surface area contributed by atoms with Crippen LogP contribution in [0.4, 0.5) is 0 Å². The highest BCUT2D eigenvalue weighted by Gasteiger charge is 2.10. The van der Waals surface area contributed by atoms with Crippen LogP contribution in [-0.4, -0.2) is 23.8 Å². The van der Waals surface area contributed by atoms with E-state index >= 15 is 0 Å². The summed E-state index contributed by atoms with van der Waals surface area (Å²) in [7, 11) is 0. The molecule has 0 saturated heterocycles. The summed E-state index contributed by atoms with van der Waals surface area (Å²) in [5.41, 5.74) is 1.44. The molecule has 3 nitrogen and oxygen atoms in total. The number of hydrogen-bond acceptors (Lipinski definition) is 3. The Morgan fingerprint density at radius 3 is 3.00 bits per heavy atom. The van der Waals surface area contributed by atoms with Crippen LogP contribution in [0.2, 0.25) is 0 Å². The van der Waals surface area contributed by atoms with Crippen molar-refractivity contribution in [3.05, 3.63) is 35.5 Å². The number of aliphatic hydroxyl groups excluding tert-OH is 1. The molecule has 1 N–H and O–H groups in total. The van der Waals surface area contributed by atoms with Crippen molar-refractivity contribution in [2.75, 3.05) is 6.61 Å². The maximum absolute atomic E-state index is 11.4. The molecule has 0 amide bonds. The van der Waals surface area contributed by atoms with Crippen molar-refractivity contribution in [3.63, 3.8) is 0 Å². The zero-order valence-corrected chi connectivity index (χ0v) is 9.06. The molecular weight excluding hydrogens is 192 g/mol. The van der Waals surface area contributed by atoms with Crippen molar-refractivity contribution in [1.29, 1.82) is 0 Å². The fraction of sp³-hybridized carbons (Fsp3) is 0.417. The van der Waals surface area contributed by atoms with E-state index in [1.807, 2.05) is 6.08 Å². The lowest BCUT2D eigenvalue weighted by molar-refractivity contribution is -0.138. The minimum atomic E-state index is -0.479. The first kappa shape index (κ1) is 11.7.